The van der Waals surface area contributed by atoms with Gasteiger partial charge in [-0.1, -0.05) is 45.0 Å². The number of nitrogens with zero attached hydrogens (tertiary/aromatic N) is 1. The number of nitrogens with two attached hydrogens (primary N) is 1. The predicted octanol–water partition coefficient (Wildman–Crippen LogP) is 3.15. The Morgan fingerprint density at radius 2 is 1.65 bits per heavy atom. The van der Waals surface area contributed by atoms with Gasteiger partial charge in [0.2, 0.25) is 0 Å². The fourth-order valence-corrected chi connectivity index (χ4v) is 2.04. The summed E-state index contributed by atoms with van der Waals surface area (Å²) in [6, 6.07) is 8.84. The standard InChI is InChI=1S/C15H26N2/c1-5-10-17(4)11-15(16)14-8-6-13(7-9-14)12(2)3/h6-9,12,15H,5,10-11,16H2,1-4H3. The molecule has 0 aliphatic rings. The molecular weight excluding hydrogens is 208 g/mol. The van der Waals surface area contributed by atoms with Crippen molar-refractivity contribution in [3.8, 4) is 0 Å². The highest BCUT2D eigenvalue weighted by Gasteiger charge is 2.09. The molecule has 2 N–H and O–H groups in total. The second kappa shape index (κ2) is 6.77. The van der Waals surface area contributed by atoms with E-state index in [2.05, 4.69) is 57.0 Å². The monoisotopic (exact) mass is 234 g/mol. The first-order chi connectivity index (χ1) is 8.04. The van der Waals surface area contributed by atoms with Crippen LogP contribution in [-0.2, 0) is 0 Å². The number of likely N-dealkylation sites (N-methyl/N-ethyl adjacent to an activating group) is 1. The maximum atomic E-state index is 6.21. The molecule has 0 aliphatic heterocycles. The number of rotatable bonds is 6. The molecule has 1 aromatic rings. The third-order valence-corrected chi connectivity index (χ3v) is 3.14. The maximum Gasteiger partial charge on any atom is 0.0424 e. The molecule has 0 aromatic heterocycles. The van der Waals surface area contributed by atoms with Gasteiger partial charge in [-0.2, -0.15) is 0 Å². The predicted molar refractivity (Wildman–Crippen MR) is 75.2 cm³/mol. The summed E-state index contributed by atoms with van der Waals surface area (Å²) >= 11 is 0. The van der Waals surface area contributed by atoms with E-state index in [4.69, 9.17) is 5.73 Å². The third-order valence-electron chi connectivity index (χ3n) is 3.14. The Hall–Kier alpha value is -0.860. The molecule has 17 heavy (non-hydrogen) atoms. The Bertz CT molecular complexity index is 316. The first-order valence-electron chi connectivity index (χ1n) is 6.58. The summed E-state index contributed by atoms with van der Waals surface area (Å²) < 4.78 is 0. The van der Waals surface area contributed by atoms with Gasteiger partial charge in [0.1, 0.15) is 0 Å². The lowest BCUT2D eigenvalue weighted by Crippen LogP contribution is -2.29. The van der Waals surface area contributed by atoms with Gasteiger partial charge in [0.25, 0.3) is 0 Å². The molecule has 96 valence electrons. The summed E-state index contributed by atoms with van der Waals surface area (Å²) in [5.41, 5.74) is 8.82. The summed E-state index contributed by atoms with van der Waals surface area (Å²) in [5, 5.41) is 0. The van der Waals surface area contributed by atoms with Crippen LogP contribution in [-0.4, -0.2) is 25.0 Å². The zero-order chi connectivity index (χ0) is 12.8. The van der Waals surface area contributed by atoms with Crippen LogP contribution in [0.25, 0.3) is 0 Å². The SMILES string of the molecule is CCCN(C)CC(N)c1ccc(C(C)C)cc1. The summed E-state index contributed by atoms with van der Waals surface area (Å²) in [4.78, 5) is 2.29. The van der Waals surface area contributed by atoms with Gasteiger partial charge in [-0.05, 0) is 37.1 Å². The third kappa shape index (κ3) is 4.49. The van der Waals surface area contributed by atoms with Crippen molar-refractivity contribution >= 4 is 0 Å². The van der Waals surface area contributed by atoms with Gasteiger partial charge in [0, 0.05) is 12.6 Å². The molecule has 0 saturated carbocycles. The lowest BCUT2D eigenvalue weighted by atomic mass is 9.99. The highest BCUT2D eigenvalue weighted by Crippen LogP contribution is 2.18. The van der Waals surface area contributed by atoms with Crippen molar-refractivity contribution < 1.29 is 0 Å². The van der Waals surface area contributed by atoms with Crippen LogP contribution in [0.1, 0.15) is 50.3 Å². The second-order valence-electron chi connectivity index (χ2n) is 5.19. The van der Waals surface area contributed by atoms with Crippen LogP contribution >= 0.6 is 0 Å². The minimum atomic E-state index is 0.118. The van der Waals surface area contributed by atoms with Crippen molar-refractivity contribution in [2.24, 2.45) is 5.73 Å². The molecule has 0 fully saturated rings. The highest BCUT2D eigenvalue weighted by atomic mass is 15.1. The van der Waals surface area contributed by atoms with E-state index in [1.807, 2.05) is 0 Å². The van der Waals surface area contributed by atoms with Crippen molar-refractivity contribution in [3.05, 3.63) is 35.4 Å². The van der Waals surface area contributed by atoms with Crippen LogP contribution in [0.3, 0.4) is 0 Å². The van der Waals surface area contributed by atoms with Crippen LogP contribution < -0.4 is 5.73 Å². The Balaban J connectivity index is 2.60. The van der Waals surface area contributed by atoms with Gasteiger partial charge in [-0.3, -0.25) is 0 Å². The van der Waals surface area contributed by atoms with Gasteiger partial charge in [0.15, 0.2) is 0 Å². The van der Waals surface area contributed by atoms with Gasteiger partial charge in [-0.15, -0.1) is 0 Å². The molecule has 0 saturated heterocycles. The Labute approximate surface area is 106 Å². The average Bonchev–Trinajstić information content (AvgIpc) is 2.29. The molecule has 0 spiro atoms. The quantitative estimate of drug-likeness (QED) is 0.819. The van der Waals surface area contributed by atoms with Gasteiger partial charge >= 0.3 is 0 Å². The van der Waals surface area contributed by atoms with Crippen molar-refractivity contribution in [1.29, 1.82) is 0 Å². The molecule has 0 bridgehead atoms. The molecule has 2 heteroatoms. The molecule has 1 atom stereocenters. The highest BCUT2D eigenvalue weighted by molar-refractivity contribution is 5.26. The Morgan fingerprint density at radius 1 is 1.12 bits per heavy atom. The van der Waals surface area contributed by atoms with Gasteiger partial charge in [-0.25, -0.2) is 0 Å². The van der Waals surface area contributed by atoms with E-state index in [1.165, 1.54) is 17.5 Å². The van der Waals surface area contributed by atoms with Crippen molar-refractivity contribution in [3.63, 3.8) is 0 Å². The van der Waals surface area contributed by atoms with E-state index in [0.29, 0.717) is 5.92 Å². The van der Waals surface area contributed by atoms with Crippen LogP contribution in [0, 0.1) is 0 Å². The van der Waals surface area contributed by atoms with E-state index in [9.17, 15) is 0 Å². The van der Waals surface area contributed by atoms with Crippen molar-refractivity contribution in [2.75, 3.05) is 20.1 Å². The smallest absolute Gasteiger partial charge is 0.0424 e. The van der Waals surface area contributed by atoms with Crippen LogP contribution in [0.2, 0.25) is 0 Å². The van der Waals surface area contributed by atoms with Crippen molar-refractivity contribution in [2.45, 2.75) is 39.2 Å². The normalized spacial score (nSPS) is 13.4. The fourth-order valence-electron chi connectivity index (χ4n) is 2.04. The zero-order valence-electron chi connectivity index (χ0n) is 11.6. The second-order valence-corrected chi connectivity index (χ2v) is 5.19. The van der Waals surface area contributed by atoms with Gasteiger partial charge in [0.05, 0.1) is 0 Å². The molecule has 2 nitrogen and oxygen atoms in total. The van der Waals surface area contributed by atoms with Crippen LogP contribution in [0.4, 0.5) is 0 Å². The number of benzene rings is 1. The average molecular weight is 234 g/mol. The molecule has 1 unspecified atom stereocenters. The fraction of sp³-hybridized carbons (Fsp3) is 0.600. The lowest BCUT2D eigenvalue weighted by molar-refractivity contribution is 0.313. The molecule has 0 heterocycles. The first kappa shape index (κ1) is 14.2. The minimum Gasteiger partial charge on any atom is -0.323 e. The van der Waals surface area contributed by atoms with E-state index < -0.39 is 0 Å². The van der Waals surface area contributed by atoms with Crippen LogP contribution in [0.15, 0.2) is 24.3 Å². The topological polar surface area (TPSA) is 29.3 Å². The Kier molecular flexibility index (Phi) is 5.66. The van der Waals surface area contributed by atoms with E-state index in [1.54, 1.807) is 0 Å². The molecule has 1 rings (SSSR count). The van der Waals surface area contributed by atoms with E-state index in [-0.39, 0.29) is 6.04 Å². The van der Waals surface area contributed by atoms with Gasteiger partial charge < -0.3 is 10.6 Å². The molecule has 0 aliphatic carbocycles. The molecule has 0 amide bonds. The molecular formula is C15H26N2. The largest absolute Gasteiger partial charge is 0.323 e. The van der Waals surface area contributed by atoms with Crippen LogP contribution in [0.5, 0.6) is 0 Å². The lowest BCUT2D eigenvalue weighted by Gasteiger charge is -2.21. The first-order valence-corrected chi connectivity index (χ1v) is 6.58. The molecule has 1 aromatic carbocycles. The maximum absolute atomic E-state index is 6.21. The van der Waals surface area contributed by atoms with E-state index in [0.717, 1.165) is 13.1 Å². The Morgan fingerprint density at radius 3 is 2.12 bits per heavy atom. The summed E-state index contributed by atoms with van der Waals surface area (Å²) in [5.74, 6) is 0.586. The van der Waals surface area contributed by atoms with Crippen molar-refractivity contribution in [1.82, 2.24) is 4.90 Å². The zero-order valence-corrected chi connectivity index (χ0v) is 11.6. The summed E-state index contributed by atoms with van der Waals surface area (Å²) in [7, 11) is 2.13. The van der Waals surface area contributed by atoms with E-state index >= 15 is 0 Å². The number of hydrogen-bond acceptors (Lipinski definition) is 2. The number of hydrogen-bond donors (Lipinski definition) is 1. The molecule has 0 radical (unpaired) electrons. The minimum absolute atomic E-state index is 0.118. The summed E-state index contributed by atoms with van der Waals surface area (Å²) in [6.07, 6.45) is 1.18. The summed E-state index contributed by atoms with van der Waals surface area (Å²) in [6.45, 7) is 8.65.